The molecule has 0 aromatic heterocycles. The maximum absolute atomic E-state index is 9.28. The lowest BCUT2D eigenvalue weighted by Gasteiger charge is -2.39. The van der Waals surface area contributed by atoms with Crippen LogP contribution in [0.4, 0.5) is 5.69 Å². The molecule has 0 N–H and O–H groups in total. The van der Waals surface area contributed by atoms with Crippen LogP contribution in [-0.2, 0) is 0 Å². The van der Waals surface area contributed by atoms with Crippen molar-refractivity contribution in [3.05, 3.63) is 24.3 Å². The molecule has 1 aliphatic carbocycles. The summed E-state index contributed by atoms with van der Waals surface area (Å²) in [4.78, 5) is 2.17. The summed E-state index contributed by atoms with van der Waals surface area (Å²) in [6.07, 6.45) is 3.44. The van der Waals surface area contributed by atoms with Crippen LogP contribution in [0.1, 0.15) is 33.1 Å². The van der Waals surface area contributed by atoms with Gasteiger partial charge in [-0.1, -0.05) is 6.42 Å². The average molecular weight is 258 g/mol. The van der Waals surface area contributed by atoms with Crippen LogP contribution < -0.4 is 9.64 Å². The standard InChI is InChI=1S/C16H22N2O/c1-13(2)19-15-7-5-14(6-8-15)18(3)12-16(11-17)9-4-10-16/h5-8,13H,4,9-10,12H2,1-3H3. The van der Waals surface area contributed by atoms with E-state index < -0.39 is 0 Å². The van der Waals surface area contributed by atoms with Crippen LogP contribution in [0.15, 0.2) is 24.3 Å². The van der Waals surface area contributed by atoms with E-state index in [9.17, 15) is 5.26 Å². The molecule has 19 heavy (non-hydrogen) atoms. The molecule has 3 nitrogen and oxygen atoms in total. The van der Waals surface area contributed by atoms with Crippen molar-refractivity contribution in [2.45, 2.75) is 39.2 Å². The van der Waals surface area contributed by atoms with Gasteiger partial charge in [-0.15, -0.1) is 0 Å². The van der Waals surface area contributed by atoms with Gasteiger partial charge < -0.3 is 9.64 Å². The van der Waals surface area contributed by atoms with Gasteiger partial charge in [-0.25, -0.2) is 0 Å². The minimum Gasteiger partial charge on any atom is -0.491 e. The average Bonchev–Trinajstić information content (AvgIpc) is 2.34. The van der Waals surface area contributed by atoms with Gasteiger partial charge in [0.15, 0.2) is 0 Å². The molecule has 1 aliphatic rings. The molecule has 3 heteroatoms. The fourth-order valence-corrected chi connectivity index (χ4v) is 2.51. The van der Waals surface area contributed by atoms with E-state index >= 15 is 0 Å². The Bertz CT molecular complexity index is 455. The molecule has 0 spiro atoms. The first-order chi connectivity index (χ1) is 9.04. The molecule has 0 unspecified atom stereocenters. The summed E-state index contributed by atoms with van der Waals surface area (Å²) in [5.74, 6) is 0.894. The quantitative estimate of drug-likeness (QED) is 0.809. The number of nitrogens with zero attached hydrogens (tertiary/aromatic N) is 2. The number of nitriles is 1. The zero-order valence-electron chi connectivity index (χ0n) is 12.0. The van der Waals surface area contributed by atoms with E-state index in [0.29, 0.717) is 0 Å². The molecule has 2 rings (SSSR count). The molecule has 0 bridgehead atoms. The van der Waals surface area contributed by atoms with Crippen molar-refractivity contribution < 1.29 is 4.74 Å². The lowest BCUT2D eigenvalue weighted by molar-refractivity contribution is 0.223. The maximum Gasteiger partial charge on any atom is 0.119 e. The molecular formula is C16H22N2O. The molecule has 1 fully saturated rings. The van der Waals surface area contributed by atoms with Crippen LogP contribution in [0.25, 0.3) is 0 Å². The topological polar surface area (TPSA) is 36.3 Å². The minimum atomic E-state index is -0.123. The largest absolute Gasteiger partial charge is 0.491 e. The van der Waals surface area contributed by atoms with E-state index in [0.717, 1.165) is 30.8 Å². The Morgan fingerprint density at radius 1 is 1.32 bits per heavy atom. The van der Waals surface area contributed by atoms with Gasteiger partial charge in [0, 0.05) is 19.3 Å². The van der Waals surface area contributed by atoms with Crippen molar-refractivity contribution in [1.29, 1.82) is 5.26 Å². The smallest absolute Gasteiger partial charge is 0.119 e. The second kappa shape index (κ2) is 5.52. The number of hydrogen-bond donors (Lipinski definition) is 0. The first kappa shape index (κ1) is 13.7. The third kappa shape index (κ3) is 3.20. The Hall–Kier alpha value is -1.69. The van der Waals surface area contributed by atoms with Gasteiger partial charge in [-0.2, -0.15) is 5.26 Å². The van der Waals surface area contributed by atoms with E-state index in [-0.39, 0.29) is 11.5 Å². The second-order valence-corrected chi connectivity index (χ2v) is 5.76. The van der Waals surface area contributed by atoms with Crippen molar-refractivity contribution in [2.24, 2.45) is 5.41 Å². The molecule has 0 amide bonds. The SMILES string of the molecule is CC(C)Oc1ccc(N(C)CC2(C#N)CCC2)cc1. The van der Waals surface area contributed by atoms with E-state index in [1.807, 2.05) is 26.0 Å². The Balaban J connectivity index is 1.99. The Morgan fingerprint density at radius 2 is 1.95 bits per heavy atom. The zero-order valence-corrected chi connectivity index (χ0v) is 12.0. The normalized spacial score (nSPS) is 16.6. The van der Waals surface area contributed by atoms with Crippen molar-refractivity contribution in [3.8, 4) is 11.8 Å². The third-order valence-corrected chi connectivity index (χ3v) is 3.74. The summed E-state index contributed by atoms with van der Waals surface area (Å²) >= 11 is 0. The van der Waals surface area contributed by atoms with Crippen LogP contribution >= 0.6 is 0 Å². The van der Waals surface area contributed by atoms with Crippen molar-refractivity contribution in [2.75, 3.05) is 18.5 Å². The van der Waals surface area contributed by atoms with Crippen LogP contribution in [0.2, 0.25) is 0 Å². The highest BCUT2D eigenvalue weighted by molar-refractivity contribution is 5.49. The molecule has 0 atom stereocenters. The molecule has 0 saturated heterocycles. The number of benzene rings is 1. The molecule has 0 aliphatic heterocycles. The maximum atomic E-state index is 9.28. The van der Waals surface area contributed by atoms with Crippen LogP contribution in [-0.4, -0.2) is 19.7 Å². The number of rotatable bonds is 5. The highest BCUT2D eigenvalue weighted by atomic mass is 16.5. The summed E-state index contributed by atoms with van der Waals surface area (Å²) in [5, 5.41) is 9.28. The van der Waals surface area contributed by atoms with Crippen LogP contribution in [0.3, 0.4) is 0 Å². The highest BCUT2D eigenvalue weighted by Crippen LogP contribution is 2.41. The van der Waals surface area contributed by atoms with Gasteiger partial charge in [0.2, 0.25) is 0 Å². The van der Waals surface area contributed by atoms with E-state index in [2.05, 4.69) is 30.1 Å². The van der Waals surface area contributed by atoms with Gasteiger partial charge in [-0.05, 0) is 51.0 Å². The van der Waals surface area contributed by atoms with Gasteiger partial charge in [0.25, 0.3) is 0 Å². The van der Waals surface area contributed by atoms with E-state index in [1.165, 1.54) is 6.42 Å². The monoisotopic (exact) mass is 258 g/mol. The fourth-order valence-electron chi connectivity index (χ4n) is 2.51. The first-order valence-electron chi connectivity index (χ1n) is 6.94. The number of hydrogen-bond acceptors (Lipinski definition) is 3. The molecular weight excluding hydrogens is 236 g/mol. The molecule has 102 valence electrons. The molecule has 1 aromatic carbocycles. The van der Waals surface area contributed by atoms with Crippen LogP contribution in [0, 0.1) is 16.7 Å². The lowest BCUT2D eigenvalue weighted by Crippen LogP contribution is -2.39. The minimum absolute atomic E-state index is 0.123. The van der Waals surface area contributed by atoms with Crippen molar-refractivity contribution in [3.63, 3.8) is 0 Å². The summed E-state index contributed by atoms with van der Waals surface area (Å²) in [6, 6.07) is 10.6. The van der Waals surface area contributed by atoms with Crippen LogP contribution in [0.5, 0.6) is 5.75 Å². The summed E-state index contributed by atoms with van der Waals surface area (Å²) in [7, 11) is 2.05. The van der Waals surface area contributed by atoms with E-state index in [4.69, 9.17) is 4.74 Å². The predicted molar refractivity (Wildman–Crippen MR) is 77.4 cm³/mol. The second-order valence-electron chi connectivity index (χ2n) is 5.76. The molecule has 1 aromatic rings. The summed E-state index contributed by atoms with van der Waals surface area (Å²) < 4.78 is 5.63. The molecule has 0 heterocycles. The van der Waals surface area contributed by atoms with Gasteiger partial charge >= 0.3 is 0 Å². The fraction of sp³-hybridized carbons (Fsp3) is 0.562. The summed E-state index contributed by atoms with van der Waals surface area (Å²) in [5.41, 5.74) is 1.01. The van der Waals surface area contributed by atoms with E-state index in [1.54, 1.807) is 0 Å². The Kier molecular flexibility index (Phi) is 3.99. The lowest BCUT2D eigenvalue weighted by atomic mass is 9.69. The Labute approximate surface area is 115 Å². The van der Waals surface area contributed by atoms with Crippen molar-refractivity contribution >= 4 is 5.69 Å². The highest BCUT2D eigenvalue weighted by Gasteiger charge is 2.38. The van der Waals surface area contributed by atoms with Crippen molar-refractivity contribution in [1.82, 2.24) is 0 Å². The molecule has 0 radical (unpaired) electrons. The third-order valence-electron chi connectivity index (χ3n) is 3.74. The molecule has 1 saturated carbocycles. The predicted octanol–water partition coefficient (Wildman–Crippen LogP) is 3.60. The van der Waals surface area contributed by atoms with Gasteiger partial charge in [-0.3, -0.25) is 0 Å². The Morgan fingerprint density at radius 3 is 2.37 bits per heavy atom. The van der Waals surface area contributed by atoms with Gasteiger partial charge in [0.1, 0.15) is 5.75 Å². The zero-order chi connectivity index (χ0) is 13.9. The number of ether oxygens (including phenoxy) is 1. The number of anilines is 1. The summed E-state index contributed by atoms with van der Waals surface area (Å²) in [6.45, 7) is 4.86. The van der Waals surface area contributed by atoms with Gasteiger partial charge in [0.05, 0.1) is 17.6 Å². The first-order valence-corrected chi connectivity index (χ1v) is 6.94.